The predicted octanol–water partition coefficient (Wildman–Crippen LogP) is 8.82. The number of benzene rings is 3. The molecule has 0 spiro atoms. The van der Waals surface area contributed by atoms with Gasteiger partial charge in [-0.05, 0) is 91.5 Å². The lowest BCUT2D eigenvalue weighted by Gasteiger charge is -2.38. The van der Waals surface area contributed by atoms with Gasteiger partial charge in [0.25, 0.3) is 0 Å². The van der Waals surface area contributed by atoms with Crippen molar-refractivity contribution in [3.8, 4) is 0 Å². The Labute approximate surface area is 424 Å². The summed E-state index contributed by atoms with van der Waals surface area (Å²) in [7, 11) is 2.61. The van der Waals surface area contributed by atoms with Crippen molar-refractivity contribution in [1.82, 2.24) is 30.6 Å². The van der Waals surface area contributed by atoms with Gasteiger partial charge in [-0.3, -0.25) is 4.48 Å². The Morgan fingerprint density at radius 2 is 1.27 bits per heavy atom. The standard InChI is InChI=1S/C55H68F2N10O6/c1-30(2)47(62-54(70)72-5)52(68)66-20-17-35(28-66)37(29-66)50-58-40-12-10-33(23-42(40)60-50)44-14-15-45(65(44)36-25-38(56)49(39(57)26-36)64-18-8-7-9-19-64)34-11-13-41-43(24-34)61-51(59-41)46-22-32-16-21-67(46,27-32)53(69)48(31(3)4)63-55(71)73-6/h10-13,23-26,30-32,35,37,44-48H,7-9,14-22,27-29H2,1-6H3,(H2-2,58,59,60,61,62,63,70,71)/p+2/t32-,35?,37-,44?,45?,46?,47?,48?,66+,67?/m0/s1. The number of nitrogens with one attached hydrogen (secondary N) is 4. The Morgan fingerprint density at radius 1 is 0.699 bits per heavy atom. The van der Waals surface area contributed by atoms with Crippen molar-refractivity contribution in [2.45, 2.75) is 115 Å². The number of piperidine rings is 3. The van der Waals surface area contributed by atoms with E-state index in [4.69, 9.17) is 19.4 Å². The van der Waals surface area contributed by atoms with Crippen LogP contribution in [0.4, 0.5) is 29.7 Å². The summed E-state index contributed by atoms with van der Waals surface area (Å²) in [5, 5.41) is 5.62. The van der Waals surface area contributed by atoms with E-state index in [2.05, 4.69) is 49.8 Å². The van der Waals surface area contributed by atoms with Crippen LogP contribution in [0, 0.1) is 35.3 Å². The van der Waals surface area contributed by atoms with Crippen LogP contribution < -0.4 is 20.4 Å². The summed E-state index contributed by atoms with van der Waals surface area (Å²) >= 11 is 0. The SMILES string of the molecule is COC(=O)NC(C(=O)[N+]12CC[C@@H](CC1c1nc3ccc(C4CCC(c5ccc6nc([C@H]7C[N@@+]8(C(=O)C(NC(=O)OC)C(C)C)CCC7C8)[nH]c6c5)N4c4cc(F)c(N5CCCCC5)c(F)c4)cc3[nH]1)C2)C(C)C. The normalized spacial score (nSPS) is 28.4. The van der Waals surface area contributed by atoms with Crippen molar-refractivity contribution in [3.05, 3.63) is 82.9 Å². The Balaban J connectivity index is 0.909. The monoisotopic (exact) mass is 1000 g/mol. The van der Waals surface area contributed by atoms with E-state index < -0.39 is 35.9 Å². The second kappa shape index (κ2) is 19.0. The van der Waals surface area contributed by atoms with Gasteiger partial charge in [0.15, 0.2) is 23.5 Å². The Morgan fingerprint density at radius 3 is 1.85 bits per heavy atom. The van der Waals surface area contributed by atoms with Crippen molar-refractivity contribution < 1.29 is 46.4 Å². The molecule has 5 aromatic rings. The molecular formula is C55H70F2N10O6+2. The molecule has 0 aliphatic carbocycles. The zero-order valence-electron chi connectivity index (χ0n) is 42.9. The maximum Gasteiger partial charge on any atom is 0.407 e. The topological polar surface area (TPSA) is 175 Å². The van der Waals surface area contributed by atoms with Gasteiger partial charge in [0.1, 0.15) is 23.6 Å². The maximum atomic E-state index is 16.5. The number of rotatable bonds is 12. The molecule has 10 atom stereocenters. The minimum atomic E-state index is -0.711. The smallest absolute Gasteiger partial charge is 0.407 e. The number of hydrogen-bond donors (Lipinski definition) is 4. The van der Waals surface area contributed by atoms with E-state index in [-0.39, 0.29) is 63.8 Å². The molecule has 6 aliphatic heterocycles. The molecule has 4 amide bonds. The Bertz CT molecular complexity index is 2950. The number of fused-ring (bicyclic) bond motifs is 6. The molecule has 18 heteroatoms. The molecule has 6 saturated heterocycles. The third-order valence-electron chi connectivity index (χ3n) is 17.8. The number of ether oxygens (including phenoxy) is 2. The highest BCUT2D eigenvalue weighted by Crippen LogP contribution is 2.52. The van der Waals surface area contributed by atoms with E-state index in [0.29, 0.717) is 68.2 Å². The summed E-state index contributed by atoms with van der Waals surface area (Å²) < 4.78 is 43.3. The van der Waals surface area contributed by atoms with Crippen LogP contribution in [-0.4, -0.2) is 125 Å². The molecule has 388 valence electrons. The van der Waals surface area contributed by atoms with Crippen LogP contribution in [0.5, 0.6) is 0 Å². The van der Waals surface area contributed by atoms with Gasteiger partial charge in [-0.1, -0.05) is 39.8 Å². The van der Waals surface area contributed by atoms with Gasteiger partial charge in [0.2, 0.25) is 0 Å². The molecule has 0 radical (unpaired) electrons. The van der Waals surface area contributed by atoms with E-state index in [9.17, 15) is 19.2 Å². The molecule has 6 aliphatic rings. The van der Waals surface area contributed by atoms with Crippen molar-refractivity contribution in [1.29, 1.82) is 0 Å². The first kappa shape index (κ1) is 49.1. The van der Waals surface area contributed by atoms with Gasteiger partial charge in [-0.15, -0.1) is 0 Å². The first-order valence-electron chi connectivity index (χ1n) is 26.6. The lowest BCUT2D eigenvalue weighted by Crippen LogP contribution is -2.60. The first-order chi connectivity index (χ1) is 35.1. The van der Waals surface area contributed by atoms with Crippen LogP contribution in [0.3, 0.4) is 0 Å². The van der Waals surface area contributed by atoms with E-state index >= 15 is 8.78 Å². The van der Waals surface area contributed by atoms with Gasteiger partial charge >= 0.3 is 24.0 Å². The highest BCUT2D eigenvalue weighted by molar-refractivity contribution is 5.83. The zero-order valence-corrected chi connectivity index (χ0v) is 42.9. The molecule has 73 heavy (non-hydrogen) atoms. The number of aromatic amines is 2. The molecule has 16 nitrogen and oxygen atoms in total. The van der Waals surface area contributed by atoms with Crippen LogP contribution in [0.2, 0.25) is 0 Å². The molecule has 8 heterocycles. The predicted molar refractivity (Wildman–Crippen MR) is 271 cm³/mol. The number of alkyl carbamates (subject to hydrolysis) is 2. The van der Waals surface area contributed by atoms with Crippen molar-refractivity contribution in [2.75, 3.05) is 69.8 Å². The second-order valence-electron chi connectivity index (χ2n) is 22.7. The van der Waals surface area contributed by atoms with E-state index in [1.165, 1.54) is 26.4 Å². The molecule has 6 fully saturated rings. The molecule has 7 unspecified atom stereocenters. The van der Waals surface area contributed by atoms with Gasteiger partial charge in [-0.25, -0.2) is 42.4 Å². The lowest BCUT2D eigenvalue weighted by atomic mass is 9.91. The van der Waals surface area contributed by atoms with Gasteiger partial charge in [0.05, 0.1) is 87.0 Å². The fourth-order valence-corrected chi connectivity index (χ4v) is 14.2. The lowest BCUT2D eigenvalue weighted by molar-refractivity contribution is -0.866. The number of halogens is 2. The summed E-state index contributed by atoms with van der Waals surface area (Å²) in [6, 6.07) is 13.4. The number of H-pyrrole nitrogens is 2. The quantitative estimate of drug-likeness (QED) is 0.0885. The van der Waals surface area contributed by atoms with E-state index in [0.717, 1.165) is 89.9 Å². The number of amides is 4. The molecule has 4 bridgehead atoms. The number of imidazole rings is 2. The molecule has 0 saturated carbocycles. The van der Waals surface area contributed by atoms with E-state index in [1.54, 1.807) is 0 Å². The highest BCUT2D eigenvalue weighted by Gasteiger charge is 2.61. The van der Waals surface area contributed by atoms with Crippen LogP contribution in [0.25, 0.3) is 22.1 Å². The average Bonchev–Trinajstić information content (AvgIpc) is 4.27. The third-order valence-corrected chi connectivity index (χ3v) is 17.8. The fraction of sp³-hybridized carbons (Fsp3) is 0.564. The number of nitrogens with zero attached hydrogens (tertiary/aromatic N) is 6. The summed E-state index contributed by atoms with van der Waals surface area (Å²) in [6.45, 7) is 12.4. The van der Waals surface area contributed by atoms with Crippen LogP contribution >= 0.6 is 0 Å². The maximum absolute atomic E-state index is 16.5. The first-order valence-corrected chi connectivity index (χ1v) is 26.6. The number of carbonyl (C=O) groups excluding carboxylic acids is 4. The molecule has 11 rings (SSSR count). The average molecular weight is 1010 g/mol. The van der Waals surface area contributed by atoms with E-state index in [1.807, 2.05) is 44.7 Å². The second-order valence-corrected chi connectivity index (χ2v) is 22.7. The van der Waals surface area contributed by atoms with Crippen LogP contribution in [-0.2, 0) is 19.1 Å². The number of anilines is 2. The molecule has 3 aromatic carbocycles. The number of carbonyl (C=O) groups is 4. The Hall–Kier alpha value is -6.14. The minimum Gasteiger partial charge on any atom is -0.453 e. The minimum absolute atomic E-state index is 0.00927. The number of hydrogen-bond acceptors (Lipinski definition) is 10. The summed E-state index contributed by atoms with van der Waals surface area (Å²) in [5.74, 6) is 0.836. The molecule has 4 N–H and O–H groups in total. The molecule has 2 aromatic heterocycles. The van der Waals surface area contributed by atoms with Crippen molar-refractivity contribution in [2.24, 2.45) is 23.7 Å². The van der Waals surface area contributed by atoms with Crippen LogP contribution in [0.1, 0.15) is 126 Å². The van der Waals surface area contributed by atoms with Crippen LogP contribution in [0.15, 0.2) is 48.5 Å². The summed E-state index contributed by atoms with van der Waals surface area (Å²) in [4.78, 5) is 75.0. The largest absolute Gasteiger partial charge is 0.453 e. The summed E-state index contributed by atoms with van der Waals surface area (Å²) in [6.07, 6.45) is 5.63. The zero-order chi connectivity index (χ0) is 51.1. The van der Waals surface area contributed by atoms with Crippen molar-refractivity contribution >= 4 is 57.4 Å². The fourth-order valence-electron chi connectivity index (χ4n) is 14.2. The highest BCUT2D eigenvalue weighted by atomic mass is 19.1. The number of quaternary nitrogens is 2. The van der Waals surface area contributed by atoms with Crippen molar-refractivity contribution in [3.63, 3.8) is 0 Å². The molecular weight excluding hydrogens is 935 g/mol. The van der Waals surface area contributed by atoms with Gasteiger partial charge < -0.3 is 39.9 Å². The number of methoxy groups -OCH3 is 2. The van der Waals surface area contributed by atoms with Gasteiger partial charge in [-0.2, -0.15) is 0 Å². The summed E-state index contributed by atoms with van der Waals surface area (Å²) in [5.41, 5.74) is 5.74. The van der Waals surface area contributed by atoms with Gasteiger partial charge in [0, 0.05) is 49.9 Å². The third kappa shape index (κ3) is 8.49. The Kier molecular flexibility index (Phi) is 12.8. The number of aromatic nitrogens is 4.